The highest BCUT2D eigenvalue weighted by atomic mass is 16.7. The lowest BCUT2D eigenvalue weighted by Gasteiger charge is -2.41. The van der Waals surface area contributed by atoms with Gasteiger partial charge in [0.15, 0.2) is 24.6 Å². The smallest absolute Gasteiger partial charge is 0.311 e. The summed E-state index contributed by atoms with van der Waals surface area (Å²) >= 11 is 0. The molecule has 1 unspecified atom stereocenters. The second kappa shape index (κ2) is 8.37. The van der Waals surface area contributed by atoms with Crippen molar-refractivity contribution in [3.8, 4) is 0 Å². The van der Waals surface area contributed by atoms with Crippen molar-refractivity contribution in [1.29, 1.82) is 0 Å². The number of aliphatic hydroxyl groups excluding tert-OH is 1. The van der Waals surface area contributed by atoms with E-state index in [0.717, 1.165) is 0 Å². The van der Waals surface area contributed by atoms with E-state index >= 15 is 0 Å². The zero-order chi connectivity index (χ0) is 22.1. The van der Waals surface area contributed by atoms with Crippen molar-refractivity contribution in [3.63, 3.8) is 0 Å². The molecule has 162 valence electrons. The van der Waals surface area contributed by atoms with Gasteiger partial charge in [-0.3, -0.25) is 14.4 Å². The van der Waals surface area contributed by atoms with Crippen molar-refractivity contribution in [2.24, 2.45) is 16.2 Å². The summed E-state index contributed by atoms with van der Waals surface area (Å²) in [6.45, 7) is 14.8. The van der Waals surface area contributed by atoms with E-state index in [2.05, 4.69) is 0 Å². The van der Waals surface area contributed by atoms with E-state index in [9.17, 15) is 19.5 Å². The van der Waals surface area contributed by atoms with Crippen LogP contribution in [0.3, 0.4) is 0 Å². The molecule has 0 spiro atoms. The molecular weight excluding hydrogens is 368 g/mol. The van der Waals surface area contributed by atoms with Gasteiger partial charge < -0.3 is 24.1 Å². The van der Waals surface area contributed by atoms with Crippen LogP contribution in [0.25, 0.3) is 0 Å². The average molecular weight is 402 g/mol. The molecule has 28 heavy (non-hydrogen) atoms. The number of ether oxygens (including phenoxy) is 4. The van der Waals surface area contributed by atoms with Crippen molar-refractivity contribution in [2.45, 2.75) is 86.9 Å². The van der Waals surface area contributed by atoms with Gasteiger partial charge in [0, 0.05) is 0 Å². The first-order chi connectivity index (χ1) is 12.4. The Hall–Kier alpha value is -1.67. The molecule has 0 bridgehead atoms. The molecular formula is C20H34O8. The van der Waals surface area contributed by atoms with Crippen molar-refractivity contribution >= 4 is 17.9 Å². The van der Waals surface area contributed by atoms with E-state index < -0.39 is 58.8 Å². The molecule has 0 amide bonds. The van der Waals surface area contributed by atoms with Crippen molar-refractivity contribution < 1.29 is 38.4 Å². The lowest BCUT2D eigenvalue weighted by Crippen LogP contribution is -2.59. The van der Waals surface area contributed by atoms with Gasteiger partial charge >= 0.3 is 17.9 Å². The molecule has 1 fully saturated rings. The molecule has 1 heterocycles. The SMILES string of the molecule is CC(C)(C)C(=O)O[C@H]1[C@H](OC(=O)C(C)(C)C)C(O)OC[C@H]1OC(=O)C(C)(C)C. The molecule has 0 radical (unpaired) electrons. The number of carbonyl (C=O) groups is 3. The fourth-order valence-electron chi connectivity index (χ4n) is 2.04. The monoisotopic (exact) mass is 402 g/mol. The van der Waals surface area contributed by atoms with Crippen LogP contribution in [0.15, 0.2) is 0 Å². The maximum atomic E-state index is 12.5. The van der Waals surface area contributed by atoms with Gasteiger partial charge in [-0.1, -0.05) is 0 Å². The number of hydrogen-bond donors (Lipinski definition) is 1. The Morgan fingerprint density at radius 1 is 0.714 bits per heavy atom. The fourth-order valence-corrected chi connectivity index (χ4v) is 2.04. The summed E-state index contributed by atoms with van der Waals surface area (Å²) in [6, 6.07) is 0. The molecule has 1 aliphatic rings. The molecule has 0 aromatic heterocycles. The molecule has 0 saturated carbocycles. The van der Waals surface area contributed by atoms with Gasteiger partial charge in [0.2, 0.25) is 0 Å². The lowest BCUT2D eigenvalue weighted by molar-refractivity contribution is -0.273. The van der Waals surface area contributed by atoms with E-state index in [1.54, 1.807) is 62.3 Å². The molecule has 4 atom stereocenters. The molecule has 0 aromatic carbocycles. The number of esters is 3. The number of hydrogen-bond acceptors (Lipinski definition) is 8. The van der Waals surface area contributed by atoms with Crippen LogP contribution in [0.1, 0.15) is 62.3 Å². The van der Waals surface area contributed by atoms with Crippen LogP contribution < -0.4 is 0 Å². The molecule has 1 N–H and O–H groups in total. The Balaban J connectivity index is 3.18. The molecule has 1 saturated heterocycles. The summed E-state index contributed by atoms with van der Waals surface area (Å²) in [5.74, 6) is -1.73. The molecule has 1 aliphatic heterocycles. The summed E-state index contributed by atoms with van der Waals surface area (Å²) in [4.78, 5) is 37.2. The third kappa shape index (κ3) is 6.44. The van der Waals surface area contributed by atoms with Crippen LogP contribution in [-0.4, -0.2) is 54.2 Å². The van der Waals surface area contributed by atoms with E-state index in [4.69, 9.17) is 18.9 Å². The Kier molecular flexibility index (Phi) is 7.28. The van der Waals surface area contributed by atoms with Gasteiger partial charge in [0.05, 0.1) is 22.9 Å². The zero-order valence-electron chi connectivity index (χ0n) is 18.3. The summed E-state index contributed by atoms with van der Waals surface area (Å²) in [5, 5.41) is 10.3. The Labute approximate surface area is 166 Å². The maximum Gasteiger partial charge on any atom is 0.311 e. The maximum absolute atomic E-state index is 12.5. The van der Waals surface area contributed by atoms with Gasteiger partial charge in [-0.25, -0.2) is 0 Å². The van der Waals surface area contributed by atoms with E-state index in [0.29, 0.717) is 0 Å². The third-order valence-corrected chi connectivity index (χ3v) is 3.98. The molecule has 0 aromatic rings. The predicted octanol–water partition coefficient (Wildman–Crippen LogP) is 2.21. The fraction of sp³-hybridized carbons (Fsp3) is 0.850. The van der Waals surface area contributed by atoms with Gasteiger partial charge in [-0.05, 0) is 62.3 Å². The highest BCUT2D eigenvalue weighted by molar-refractivity contribution is 5.77. The number of aliphatic hydroxyl groups is 1. The van der Waals surface area contributed by atoms with Crippen LogP contribution in [0.4, 0.5) is 0 Å². The van der Waals surface area contributed by atoms with Crippen molar-refractivity contribution in [2.75, 3.05) is 6.61 Å². The minimum absolute atomic E-state index is 0.200. The number of carbonyl (C=O) groups excluding carboxylic acids is 3. The van der Waals surface area contributed by atoms with Gasteiger partial charge in [0.25, 0.3) is 0 Å². The van der Waals surface area contributed by atoms with Crippen LogP contribution in [0, 0.1) is 16.2 Å². The minimum atomic E-state index is -1.52. The molecule has 8 nitrogen and oxygen atoms in total. The van der Waals surface area contributed by atoms with E-state index in [1.165, 1.54) is 0 Å². The van der Waals surface area contributed by atoms with Gasteiger partial charge in [0.1, 0.15) is 0 Å². The van der Waals surface area contributed by atoms with Gasteiger partial charge in [-0.15, -0.1) is 0 Å². The van der Waals surface area contributed by atoms with Crippen molar-refractivity contribution in [1.82, 2.24) is 0 Å². The summed E-state index contributed by atoms with van der Waals surface area (Å²) < 4.78 is 21.7. The summed E-state index contributed by atoms with van der Waals surface area (Å²) in [6.07, 6.45) is -5.08. The minimum Gasteiger partial charge on any atom is -0.455 e. The van der Waals surface area contributed by atoms with Crippen LogP contribution >= 0.6 is 0 Å². The normalized spacial score (nSPS) is 26.4. The second-order valence-electron chi connectivity index (χ2n) is 10.2. The highest BCUT2D eigenvalue weighted by Gasteiger charge is 2.49. The van der Waals surface area contributed by atoms with E-state index in [-0.39, 0.29) is 6.61 Å². The third-order valence-electron chi connectivity index (χ3n) is 3.98. The number of rotatable bonds is 3. The summed E-state index contributed by atoms with van der Waals surface area (Å²) in [7, 11) is 0. The lowest BCUT2D eigenvalue weighted by atomic mass is 9.95. The first-order valence-corrected chi connectivity index (χ1v) is 9.37. The Morgan fingerprint density at radius 2 is 1.07 bits per heavy atom. The van der Waals surface area contributed by atoms with Crippen molar-refractivity contribution in [3.05, 3.63) is 0 Å². The Morgan fingerprint density at radius 3 is 1.46 bits per heavy atom. The first-order valence-electron chi connectivity index (χ1n) is 9.37. The summed E-state index contributed by atoms with van der Waals surface area (Å²) in [5.41, 5.74) is -2.50. The van der Waals surface area contributed by atoms with E-state index in [1.807, 2.05) is 0 Å². The first kappa shape index (κ1) is 24.4. The van der Waals surface area contributed by atoms with Crippen LogP contribution in [-0.2, 0) is 33.3 Å². The topological polar surface area (TPSA) is 108 Å². The average Bonchev–Trinajstić information content (AvgIpc) is 2.49. The quantitative estimate of drug-likeness (QED) is 0.565. The highest BCUT2D eigenvalue weighted by Crippen LogP contribution is 2.29. The second-order valence-corrected chi connectivity index (χ2v) is 10.2. The molecule has 0 aliphatic carbocycles. The molecule has 8 heteroatoms. The van der Waals surface area contributed by atoms with Gasteiger partial charge in [-0.2, -0.15) is 0 Å². The largest absolute Gasteiger partial charge is 0.455 e. The zero-order valence-corrected chi connectivity index (χ0v) is 18.3. The molecule has 1 rings (SSSR count). The van der Waals surface area contributed by atoms with Crippen LogP contribution in [0.5, 0.6) is 0 Å². The standard InChI is InChI=1S/C20H34O8/c1-18(2,3)15(22)26-11-10-25-14(21)13(28-17(24)20(7,8)9)12(11)27-16(23)19(4,5)6/h11-14,21H,10H2,1-9H3/t11-,12-,13+,14?/m1/s1. The Bertz CT molecular complexity index is 591. The van der Waals surface area contributed by atoms with Crippen LogP contribution in [0.2, 0.25) is 0 Å². The predicted molar refractivity (Wildman–Crippen MR) is 100.0 cm³/mol.